The van der Waals surface area contributed by atoms with Gasteiger partial charge in [0.1, 0.15) is 0 Å². The van der Waals surface area contributed by atoms with Gasteiger partial charge in [0.15, 0.2) is 13.2 Å². The van der Waals surface area contributed by atoms with Crippen molar-refractivity contribution < 1.29 is 9.47 Å². The van der Waals surface area contributed by atoms with E-state index in [1.807, 2.05) is 0 Å². The number of aromatic nitrogens is 2. The fourth-order valence-electron chi connectivity index (χ4n) is 3.90. The molecule has 0 saturated heterocycles. The van der Waals surface area contributed by atoms with E-state index < -0.39 is 0 Å². The van der Waals surface area contributed by atoms with Crippen LogP contribution in [0.3, 0.4) is 0 Å². The van der Waals surface area contributed by atoms with E-state index in [0.29, 0.717) is 25.0 Å². The highest BCUT2D eigenvalue weighted by molar-refractivity contribution is 7.06. The zero-order valence-electron chi connectivity index (χ0n) is 18.0. The Bertz CT molecular complexity index is 864. The van der Waals surface area contributed by atoms with Crippen molar-refractivity contribution in [2.45, 2.75) is 38.8 Å². The zero-order chi connectivity index (χ0) is 21.7. The Hall–Kier alpha value is -2.10. The van der Waals surface area contributed by atoms with Crippen molar-refractivity contribution in [1.82, 2.24) is 18.5 Å². The van der Waals surface area contributed by atoms with Gasteiger partial charge in [-0.25, -0.2) is 0 Å². The molecule has 2 aliphatic rings. The van der Waals surface area contributed by atoms with Gasteiger partial charge in [-0.05, 0) is 37.2 Å². The molecule has 6 nitrogen and oxygen atoms in total. The van der Waals surface area contributed by atoms with Gasteiger partial charge in [-0.1, -0.05) is 25.7 Å². The third kappa shape index (κ3) is 5.14. The normalized spacial score (nSPS) is 20.7. The van der Waals surface area contributed by atoms with E-state index in [4.69, 9.17) is 22.3 Å². The van der Waals surface area contributed by atoms with Gasteiger partial charge in [-0.3, -0.25) is 0 Å². The summed E-state index contributed by atoms with van der Waals surface area (Å²) < 4.78 is 19.5. The smallest absolute Gasteiger partial charge is 0.230 e. The lowest BCUT2D eigenvalue weighted by Crippen LogP contribution is -2.28. The summed E-state index contributed by atoms with van der Waals surface area (Å²) in [4.78, 5) is 7.26. The Labute approximate surface area is 187 Å². The highest BCUT2D eigenvalue weighted by atomic mass is 32.1. The molecule has 2 aliphatic heterocycles. The summed E-state index contributed by atoms with van der Waals surface area (Å²) >= 11 is 3.08. The number of ether oxygens (including phenoxy) is 2. The first-order valence-electron chi connectivity index (χ1n) is 9.91. The maximum absolute atomic E-state index is 5.43. The van der Waals surface area contributed by atoms with Crippen LogP contribution in [0.15, 0.2) is 0 Å². The van der Waals surface area contributed by atoms with Crippen LogP contribution in [-0.4, -0.2) is 58.9 Å². The van der Waals surface area contributed by atoms with Crippen molar-refractivity contribution in [3.63, 3.8) is 0 Å². The number of rotatable bonds is 4. The number of hydrogen-bond acceptors (Lipinski definition) is 8. The minimum atomic E-state index is 0.300. The summed E-state index contributed by atoms with van der Waals surface area (Å²) in [6.45, 7) is 9.04. The molecule has 0 bridgehead atoms. The van der Waals surface area contributed by atoms with Gasteiger partial charge in [-0.2, -0.15) is 8.75 Å². The van der Waals surface area contributed by atoms with Crippen LogP contribution in [0.2, 0.25) is 0 Å². The second kappa shape index (κ2) is 10.3. The van der Waals surface area contributed by atoms with Gasteiger partial charge >= 0.3 is 0 Å². The number of terminal acetylenes is 2. The van der Waals surface area contributed by atoms with Crippen LogP contribution in [0, 0.1) is 24.7 Å². The number of fused-ring (bicyclic) bond motifs is 2. The van der Waals surface area contributed by atoms with Gasteiger partial charge in [0.25, 0.3) is 0 Å². The molecular weight excluding hydrogens is 416 g/mol. The highest BCUT2D eigenvalue weighted by Crippen LogP contribution is 2.37. The number of nitrogens with zero attached hydrogens (tertiary/aromatic N) is 4. The van der Waals surface area contributed by atoms with E-state index in [-0.39, 0.29) is 0 Å². The predicted molar refractivity (Wildman–Crippen MR) is 122 cm³/mol. The Balaban J connectivity index is 0.000000171. The largest absolute Gasteiger partial charge is 0.464 e. The molecule has 4 heterocycles. The van der Waals surface area contributed by atoms with E-state index in [1.165, 1.54) is 20.9 Å². The maximum atomic E-state index is 5.43. The van der Waals surface area contributed by atoms with Gasteiger partial charge in [-0.15, -0.1) is 12.8 Å². The molecule has 4 rings (SSSR count). The minimum absolute atomic E-state index is 0.300. The lowest BCUT2D eigenvalue weighted by molar-refractivity contribution is 0.278. The van der Waals surface area contributed by atoms with Crippen LogP contribution in [0.25, 0.3) is 0 Å². The predicted octanol–water partition coefficient (Wildman–Crippen LogP) is 3.41. The monoisotopic (exact) mass is 444 g/mol. The topological polar surface area (TPSA) is 50.7 Å². The summed E-state index contributed by atoms with van der Waals surface area (Å²) in [7, 11) is 4.23. The Morgan fingerprint density at radius 3 is 1.63 bits per heavy atom. The molecule has 0 fully saturated rings. The first-order valence-corrected chi connectivity index (χ1v) is 11.5. The second-order valence-electron chi connectivity index (χ2n) is 7.84. The third-order valence-corrected chi connectivity index (χ3v) is 7.28. The molecule has 30 heavy (non-hydrogen) atoms. The van der Waals surface area contributed by atoms with Crippen molar-refractivity contribution in [3.8, 4) is 36.4 Å². The van der Waals surface area contributed by atoms with E-state index >= 15 is 0 Å². The van der Waals surface area contributed by atoms with E-state index in [2.05, 4.69) is 58.3 Å². The molecule has 0 spiro atoms. The summed E-state index contributed by atoms with van der Waals surface area (Å²) in [6.07, 6.45) is 10.3. The van der Waals surface area contributed by atoms with Crippen LogP contribution in [0.4, 0.5) is 0 Å². The summed E-state index contributed by atoms with van der Waals surface area (Å²) in [5.74, 6) is 7.47. The standard InChI is InChI=1S/2C11H14N2OS/c2*1-4-5-14-11-9-7-13(3)6-8(2)10(9)15-12-11/h2*1,8H,5-7H2,2-3H3. The lowest BCUT2D eigenvalue weighted by Gasteiger charge is -2.26. The van der Waals surface area contributed by atoms with Gasteiger partial charge in [0.2, 0.25) is 11.8 Å². The maximum Gasteiger partial charge on any atom is 0.230 e. The fourth-order valence-corrected chi connectivity index (χ4v) is 5.62. The molecule has 0 aromatic carbocycles. The molecule has 8 heteroatoms. The molecule has 160 valence electrons. The molecule has 2 aromatic rings. The molecule has 2 unspecified atom stereocenters. The molecule has 0 N–H and O–H groups in total. The van der Waals surface area contributed by atoms with Gasteiger partial charge in [0, 0.05) is 58.9 Å². The molecule has 2 aromatic heterocycles. The summed E-state index contributed by atoms with van der Waals surface area (Å²) in [6, 6.07) is 0. The van der Waals surface area contributed by atoms with E-state index in [0.717, 1.165) is 37.9 Å². The molecule has 0 saturated carbocycles. The van der Waals surface area contributed by atoms with E-state index in [1.54, 1.807) is 23.1 Å². The third-order valence-electron chi connectivity index (χ3n) is 5.07. The average Bonchev–Trinajstić information content (AvgIpc) is 3.29. The Morgan fingerprint density at radius 2 is 1.27 bits per heavy atom. The number of likely N-dealkylation sites (N-methyl/N-ethyl adjacent to an activating group) is 2. The van der Waals surface area contributed by atoms with Crippen LogP contribution >= 0.6 is 23.1 Å². The van der Waals surface area contributed by atoms with E-state index in [9.17, 15) is 0 Å². The van der Waals surface area contributed by atoms with Crippen LogP contribution in [0.1, 0.15) is 46.6 Å². The van der Waals surface area contributed by atoms with Crippen molar-refractivity contribution in [2.24, 2.45) is 0 Å². The zero-order valence-corrected chi connectivity index (χ0v) is 19.6. The Kier molecular flexibility index (Phi) is 7.74. The second-order valence-corrected chi connectivity index (χ2v) is 9.45. The molecule has 0 aliphatic carbocycles. The highest BCUT2D eigenvalue weighted by Gasteiger charge is 2.27. The van der Waals surface area contributed by atoms with Gasteiger partial charge in [0.05, 0.1) is 0 Å². The Morgan fingerprint density at radius 1 is 0.867 bits per heavy atom. The van der Waals surface area contributed by atoms with Crippen molar-refractivity contribution in [2.75, 3.05) is 40.4 Å². The first-order chi connectivity index (χ1) is 14.4. The molecule has 0 amide bonds. The van der Waals surface area contributed by atoms with Crippen LogP contribution in [0.5, 0.6) is 11.8 Å². The summed E-state index contributed by atoms with van der Waals surface area (Å²) in [5.41, 5.74) is 2.44. The van der Waals surface area contributed by atoms with Crippen molar-refractivity contribution in [3.05, 3.63) is 20.9 Å². The first kappa shape index (κ1) is 22.6. The molecule has 0 radical (unpaired) electrons. The lowest BCUT2D eigenvalue weighted by atomic mass is 10.0. The minimum Gasteiger partial charge on any atom is -0.464 e. The van der Waals surface area contributed by atoms with Crippen LogP contribution < -0.4 is 9.47 Å². The van der Waals surface area contributed by atoms with Crippen molar-refractivity contribution in [1.29, 1.82) is 0 Å². The van der Waals surface area contributed by atoms with Crippen LogP contribution in [-0.2, 0) is 13.1 Å². The van der Waals surface area contributed by atoms with Gasteiger partial charge < -0.3 is 19.3 Å². The molecule has 2 atom stereocenters. The molecular formula is C22H28N4O2S2. The quantitative estimate of drug-likeness (QED) is 0.674. The SMILES string of the molecule is C#CCOc1nsc2c1CN(C)CC2C.C#CCOc1nsc2c1CN(C)CC2C. The number of hydrogen-bond donors (Lipinski definition) is 0. The van der Waals surface area contributed by atoms with Crippen molar-refractivity contribution >= 4 is 23.1 Å². The average molecular weight is 445 g/mol. The fraction of sp³-hybridized carbons (Fsp3) is 0.545. The summed E-state index contributed by atoms with van der Waals surface area (Å²) in [5, 5.41) is 0.